The number of amides is 1. The van der Waals surface area contributed by atoms with E-state index >= 15 is 0 Å². The SMILES string of the molecule is CN(CC(=O)NC(Cc1ccc(Cl)cc1)c1ccccc1)S(=O)(=O)c1cccnc1. The van der Waals surface area contributed by atoms with Crippen LogP contribution in [0, 0.1) is 0 Å². The van der Waals surface area contributed by atoms with Crippen LogP contribution in [0.1, 0.15) is 17.2 Å². The summed E-state index contributed by atoms with van der Waals surface area (Å²) in [7, 11) is -2.43. The predicted octanol–water partition coefficient (Wildman–Crippen LogP) is 3.46. The van der Waals surface area contributed by atoms with Crippen LogP contribution in [0.25, 0.3) is 0 Å². The molecule has 0 saturated heterocycles. The van der Waals surface area contributed by atoms with Gasteiger partial charge in [-0.1, -0.05) is 54.1 Å². The van der Waals surface area contributed by atoms with Gasteiger partial charge in [-0.2, -0.15) is 4.31 Å². The lowest BCUT2D eigenvalue weighted by molar-refractivity contribution is -0.121. The first-order chi connectivity index (χ1) is 14.4. The van der Waals surface area contributed by atoms with Crippen molar-refractivity contribution in [3.05, 3.63) is 95.3 Å². The van der Waals surface area contributed by atoms with Crippen molar-refractivity contribution >= 4 is 27.5 Å². The van der Waals surface area contributed by atoms with Gasteiger partial charge in [-0.15, -0.1) is 0 Å². The fourth-order valence-electron chi connectivity index (χ4n) is 3.00. The molecule has 1 amide bonds. The number of halogens is 1. The third-order valence-electron chi connectivity index (χ3n) is 4.60. The molecule has 0 aliphatic rings. The molecule has 1 atom stereocenters. The molecule has 1 aromatic heterocycles. The third-order valence-corrected chi connectivity index (χ3v) is 6.64. The van der Waals surface area contributed by atoms with Crippen LogP contribution in [-0.2, 0) is 21.2 Å². The highest BCUT2D eigenvalue weighted by Gasteiger charge is 2.24. The van der Waals surface area contributed by atoms with Crippen molar-refractivity contribution in [3.63, 3.8) is 0 Å². The molecule has 0 aliphatic heterocycles. The Morgan fingerprint density at radius 3 is 2.40 bits per heavy atom. The monoisotopic (exact) mass is 443 g/mol. The van der Waals surface area contributed by atoms with Gasteiger partial charge in [0.15, 0.2) is 0 Å². The van der Waals surface area contributed by atoms with Gasteiger partial charge >= 0.3 is 0 Å². The molecule has 1 unspecified atom stereocenters. The number of nitrogens with zero attached hydrogens (tertiary/aromatic N) is 2. The predicted molar refractivity (Wildman–Crippen MR) is 117 cm³/mol. The van der Waals surface area contributed by atoms with Crippen LogP contribution in [0.5, 0.6) is 0 Å². The van der Waals surface area contributed by atoms with Crippen LogP contribution in [-0.4, -0.2) is 37.2 Å². The van der Waals surface area contributed by atoms with Crippen molar-refractivity contribution in [3.8, 4) is 0 Å². The van der Waals surface area contributed by atoms with Gasteiger partial charge in [-0.05, 0) is 41.8 Å². The van der Waals surface area contributed by atoms with E-state index in [4.69, 9.17) is 11.6 Å². The number of hydrogen-bond acceptors (Lipinski definition) is 4. The molecule has 3 aromatic rings. The Hall–Kier alpha value is -2.74. The molecule has 3 rings (SSSR count). The van der Waals surface area contributed by atoms with Crippen molar-refractivity contribution in [2.24, 2.45) is 0 Å². The molecule has 2 aromatic carbocycles. The zero-order valence-electron chi connectivity index (χ0n) is 16.4. The number of aromatic nitrogens is 1. The van der Waals surface area contributed by atoms with E-state index in [1.807, 2.05) is 42.5 Å². The van der Waals surface area contributed by atoms with E-state index in [9.17, 15) is 13.2 Å². The van der Waals surface area contributed by atoms with Crippen LogP contribution in [0.3, 0.4) is 0 Å². The van der Waals surface area contributed by atoms with Gasteiger partial charge in [0.25, 0.3) is 0 Å². The molecule has 156 valence electrons. The number of likely N-dealkylation sites (N-methyl/N-ethyl adjacent to an activating group) is 1. The standard InChI is InChI=1S/C22H22ClN3O3S/c1-26(30(28,29)20-8-5-13-24-15-20)16-22(27)25-21(18-6-3-2-4-7-18)14-17-9-11-19(23)12-10-17/h2-13,15,21H,14,16H2,1H3,(H,25,27). The first-order valence-corrected chi connectivity index (χ1v) is 11.1. The summed E-state index contributed by atoms with van der Waals surface area (Å²) in [5.41, 5.74) is 1.93. The van der Waals surface area contributed by atoms with E-state index in [1.165, 1.54) is 25.5 Å². The molecule has 1 N–H and O–H groups in total. The number of benzene rings is 2. The Bertz CT molecular complexity index is 1080. The molecule has 0 radical (unpaired) electrons. The molecule has 1 heterocycles. The molecule has 30 heavy (non-hydrogen) atoms. The number of rotatable bonds is 8. The summed E-state index contributed by atoms with van der Waals surface area (Å²) in [6, 6.07) is 19.6. The molecule has 8 heteroatoms. The van der Waals surface area contributed by atoms with Gasteiger partial charge in [-0.25, -0.2) is 8.42 Å². The van der Waals surface area contributed by atoms with Gasteiger partial charge in [0.1, 0.15) is 4.90 Å². The van der Waals surface area contributed by atoms with E-state index in [2.05, 4.69) is 10.3 Å². The quantitative estimate of drug-likeness (QED) is 0.578. The number of carbonyl (C=O) groups excluding carboxylic acids is 1. The van der Waals surface area contributed by atoms with Crippen LogP contribution in [0.15, 0.2) is 84.0 Å². The Balaban J connectivity index is 1.73. The zero-order valence-corrected chi connectivity index (χ0v) is 18.0. The Morgan fingerprint density at radius 2 is 1.77 bits per heavy atom. The minimum atomic E-state index is -3.80. The second-order valence-electron chi connectivity index (χ2n) is 6.81. The van der Waals surface area contributed by atoms with Crippen molar-refractivity contribution in [2.75, 3.05) is 13.6 Å². The Morgan fingerprint density at radius 1 is 1.07 bits per heavy atom. The van der Waals surface area contributed by atoms with Gasteiger partial charge in [-0.3, -0.25) is 9.78 Å². The van der Waals surface area contributed by atoms with E-state index in [1.54, 1.807) is 18.2 Å². The highest BCUT2D eigenvalue weighted by Crippen LogP contribution is 2.20. The molecule has 0 spiro atoms. The molecular formula is C22H22ClN3O3S. The number of sulfonamides is 1. The maximum absolute atomic E-state index is 12.7. The fourth-order valence-corrected chi connectivity index (χ4v) is 4.22. The van der Waals surface area contributed by atoms with Crippen molar-refractivity contribution in [1.82, 2.24) is 14.6 Å². The summed E-state index contributed by atoms with van der Waals surface area (Å²) in [6.07, 6.45) is 3.30. The third kappa shape index (κ3) is 5.66. The molecule has 0 aliphatic carbocycles. The number of nitrogens with one attached hydrogen (secondary N) is 1. The Labute approximate surface area is 181 Å². The van der Waals surface area contributed by atoms with E-state index in [-0.39, 0.29) is 17.5 Å². The largest absolute Gasteiger partial charge is 0.348 e. The number of carbonyl (C=O) groups is 1. The second kappa shape index (κ2) is 9.84. The van der Waals surface area contributed by atoms with Gasteiger partial charge in [0.2, 0.25) is 15.9 Å². The molecular weight excluding hydrogens is 422 g/mol. The van der Waals surface area contributed by atoms with Gasteiger partial charge < -0.3 is 5.32 Å². The summed E-state index contributed by atoms with van der Waals surface area (Å²) >= 11 is 5.96. The van der Waals surface area contributed by atoms with Crippen molar-refractivity contribution in [1.29, 1.82) is 0 Å². The average Bonchev–Trinajstić information content (AvgIpc) is 2.76. The average molecular weight is 444 g/mol. The van der Waals surface area contributed by atoms with Crippen molar-refractivity contribution in [2.45, 2.75) is 17.4 Å². The first kappa shape index (κ1) is 22.0. The summed E-state index contributed by atoms with van der Waals surface area (Å²) in [6.45, 7) is -0.304. The molecule has 0 saturated carbocycles. The van der Waals surface area contributed by atoms with Gasteiger partial charge in [0.05, 0.1) is 12.6 Å². The highest BCUT2D eigenvalue weighted by molar-refractivity contribution is 7.89. The summed E-state index contributed by atoms with van der Waals surface area (Å²) in [4.78, 5) is 16.6. The minimum absolute atomic E-state index is 0.0427. The minimum Gasteiger partial charge on any atom is -0.348 e. The lowest BCUT2D eigenvalue weighted by Gasteiger charge is -2.22. The zero-order chi connectivity index (χ0) is 21.6. The normalized spacial score (nSPS) is 12.5. The first-order valence-electron chi connectivity index (χ1n) is 9.31. The van der Waals surface area contributed by atoms with E-state index in [0.29, 0.717) is 11.4 Å². The van der Waals surface area contributed by atoms with Crippen LogP contribution < -0.4 is 5.32 Å². The number of pyridine rings is 1. The maximum Gasteiger partial charge on any atom is 0.244 e. The lowest BCUT2D eigenvalue weighted by atomic mass is 9.99. The molecule has 0 bridgehead atoms. The smallest absolute Gasteiger partial charge is 0.244 e. The van der Waals surface area contributed by atoms with E-state index in [0.717, 1.165) is 15.4 Å². The van der Waals surface area contributed by atoms with Gasteiger partial charge in [0, 0.05) is 24.5 Å². The number of hydrogen-bond donors (Lipinski definition) is 1. The lowest BCUT2D eigenvalue weighted by Crippen LogP contribution is -2.40. The molecule has 6 nitrogen and oxygen atoms in total. The van der Waals surface area contributed by atoms with Crippen LogP contribution in [0.2, 0.25) is 5.02 Å². The van der Waals surface area contributed by atoms with Crippen LogP contribution in [0.4, 0.5) is 0 Å². The summed E-state index contributed by atoms with van der Waals surface area (Å²) in [5.74, 6) is -0.396. The summed E-state index contributed by atoms with van der Waals surface area (Å²) < 4.78 is 26.3. The summed E-state index contributed by atoms with van der Waals surface area (Å²) in [5, 5.41) is 3.60. The maximum atomic E-state index is 12.7. The highest BCUT2D eigenvalue weighted by atomic mass is 35.5. The second-order valence-corrected chi connectivity index (χ2v) is 9.29. The topological polar surface area (TPSA) is 79.4 Å². The Kier molecular flexibility index (Phi) is 7.20. The fraction of sp³-hybridized carbons (Fsp3) is 0.182. The van der Waals surface area contributed by atoms with Crippen molar-refractivity contribution < 1.29 is 13.2 Å². The van der Waals surface area contributed by atoms with E-state index < -0.39 is 15.9 Å². The molecule has 0 fully saturated rings. The van der Waals surface area contributed by atoms with Crippen LogP contribution >= 0.6 is 11.6 Å².